The Morgan fingerprint density at radius 1 is 1.27 bits per heavy atom. The summed E-state index contributed by atoms with van der Waals surface area (Å²) in [6.45, 7) is 1.56. The van der Waals surface area contributed by atoms with Gasteiger partial charge in [-0.2, -0.15) is 0 Å². The molecule has 0 heterocycles. The number of carbonyl (C=O) groups is 1. The van der Waals surface area contributed by atoms with Crippen molar-refractivity contribution >= 4 is 33.7 Å². The van der Waals surface area contributed by atoms with Gasteiger partial charge in [-0.1, -0.05) is 39.3 Å². The van der Waals surface area contributed by atoms with Crippen LogP contribution < -0.4 is 5.32 Å². The highest BCUT2D eigenvalue weighted by atomic mass is 79.9. The molecule has 6 heteroatoms. The van der Waals surface area contributed by atoms with Crippen molar-refractivity contribution in [1.82, 2.24) is 0 Å². The van der Waals surface area contributed by atoms with Crippen molar-refractivity contribution in [3.63, 3.8) is 0 Å². The minimum absolute atomic E-state index is 0.294. The van der Waals surface area contributed by atoms with Crippen molar-refractivity contribution < 1.29 is 14.0 Å². The van der Waals surface area contributed by atoms with E-state index in [4.69, 9.17) is 4.84 Å². The molecule has 114 valence electrons. The van der Waals surface area contributed by atoms with E-state index in [0.29, 0.717) is 11.3 Å². The second-order valence-electron chi connectivity index (χ2n) is 4.50. The summed E-state index contributed by atoms with van der Waals surface area (Å²) in [5.74, 6) is -0.741. The number of benzene rings is 2. The fourth-order valence-electron chi connectivity index (χ4n) is 1.58. The summed E-state index contributed by atoms with van der Waals surface area (Å²) in [7, 11) is 0. The minimum Gasteiger partial charge on any atom is -0.383 e. The average Bonchev–Trinajstić information content (AvgIpc) is 2.51. The number of nitrogens with zero attached hydrogens (tertiary/aromatic N) is 1. The number of carbonyl (C=O) groups excluding carboxylic acids is 1. The van der Waals surface area contributed by atoms with E-state index in [1.165, 1.54) is 12.3 Å². The number of nitrogens with one attached hydrogen (secondary N) is 1. The molecule has 0 saturated carbocycles. The topological polar surface area (TPSA) is 50.7 Å². The van der Waals surface area contributed by atoms with E-state index < -0.39 is 11.9 Å². The largest absolute Gasteiger partial charge is 0.383 e. The summed E-state index contributed by atoms with van der Waals surface area (Å²) in [4.78, 5) is 17.0. The Hall–Kier alpha value is -2.21. The van der Waals surface area contributed by atoms with Crippen LogP contribution in [0.25, 0.3) is 0 Å². The molecule has 0 aliphatic rings. The lowest BCUT2D eigenvalue weighted by molar-refractivity contribution is -0.126. The van der Waals surface area contributed by atoms with Crippen LogP contribution in [0, 0.1) is 5.82 Å². The molecular weight excluding hydrogens is 351 g/mol. The average molecular weight is 365 g/mol. The van der Waals surface area contributed by atoms with E-state index in [9.17, 15) is 9.18 Å². The zero-order valence-electron chi connectivity index (χ0n) is 11.8. The van der Waals surface area contributed by atoms with Gasteiger partial charge in [0.05, 0.1) is 6.21 Å². The molecule has 0 spiro atoms. The van der Waals surface area contributed by atoms with Gasteiger partial charge < -0.3 is 10.2 Å². The molecule has 0 aliphatic heterocycles. The number of oxime groups is 1. The predicted molar refractivity (Wildman–Crippen MR) is 87.3 cm³/mol. The quantitative estimate of drug-likeness (QED) is 0.644. The number of halogens is 2. The molecule has 0 unspecified atom stereocenters. The number of hydrogen-bond acceptors (Lipinski definition) is 3. The van der Waals surface area contributed by atoms with E-state index in [1.54, 1.807) is 37.3 Å². The summed E-state index contributed by atoms with van der Waals surface area (Å²) < 4.78 is 14.3. The molecule has 0 aliphatic carbocycles. The van der Waals surface area contributed by atoms with Gasteiger partial charge in [0.2, 0.25) is 6.10 Å². The molecule has 1 atom stereocenters. The van der Waals surface area contributed by atoms with Gasteiger partial charge >= 0.3 is 0 Å². The van der Waals surface area contributed by atoms with E-state index in [2.05, 4.69) is 26.4 Å². The van der Waals surface area contributed by atoms with Gasteiger partial charge in [-0.15, -0.1) is 0 Å². The third kappa shape index (κ3) is 4.66. The Kier molecular flexibility index (Phi) is 5.66. The van der Waals surface area contributed by atoms with Gasteiger partial charge in [0.25, 0.3) is 5.91 Å². The zero-order valence-corrected chi connectivity index (χ0v) is 13.4. The third-order valence-corrected chi connectivity index (χ3v) is 3.33. The summed E-state index contributed by atoms with van der Waals surface area (Å²) in [6.07, 6.45) is 0.435. The normalized spacial score (nSPS) is 12.1. The van der Waals surface area contributed by atoms with Crippen LogP contribution in [0.3, 0.4) is 0 Å². The summed E-state index contributed by atoms with van der Waals surface area (Å²) in [5, 5.41) is 6.34. The minimum atomic E-state index is -0.799. The third-order valence-electron chi connectivity index (χ3n) is 2.80. The molecule has 22 heavy (non-hydrogen) atoms. The second-order valence-corrected chi connectivity index (χ2v) is 5.42. The van der Waals surface area contributed by atoms with E-state index in [1.807, 2.05) is 12.1 Å². The second kappa shape index (κ2) is 7.70. The molecule has 4 nitrogen and oxygen atoms in total. The van der Waals surface area contributed by atoms with E-state index in [0.717, 1.165) is 4.47 Å². The monoisotopic (exact) mass is 364 g/mol. The fourth-order valence-corrected chi connectivity index (χ4v) is 1.85. The lowest BCUT2D eigenvalue weighted by Crippen LogP contribution is -2.26. The van der Waals surface area contributed by atoms with Gasteiger partial charge in [0.15, 0.2) is 0 Å². The zero-order chi connectivity index (χ0) is 15.9. The molecule has 1 amide bonds. The van der Waals surface area contributed by atoms with Crippen molar-refractivity contribution in [2.75, 3.05) is 5.32 Å². The highest BCUT2D eigenvalue weighted by Gasteiger charge is 2.14. The Balaban J connectivity index is 1.89. The summed E-state index contributed by atoms with van der Waals surface area (Å²) >= 11 is 3.32. The molecule has 0 aromatic heterocycles. The van der Waals surface area contributed by atoms with Gasteiger partial charge in [0.1, 0.15) is 5.82 Å². The fraction of sp³-hybridized carbons (Fsp3) is 0.125. The lowest BCUT2D eigenvalue weighted by atomic mass is 10.2. The molecule has 0 fully saturated rings. The first-order valence-electron chi connectivity index (χ1n) is 6.56. The maximum Gasteiger partial charge on any atom is 0.267 e. The Morgan fingerprint density at radius 2 is 1.95 bits per heavy atom. The van der Waals surface area contributed by atoms with Crippen LogP contribution in [-0.4, -0.2) is 18.2 Å². The van der Waals surface area contributed by atoms with Gasteiger partial charge in [-0.3, -0.25) is 4.79 Å². The van der Waals surface area contributed by atoms with Crippen LogP contribution in [0.1, 0.15) is 12.5 Å². The molecule has 0 radical (unpaired) electrons. The van der Waals surface area contributed by atoms with Crippen LogP contribution >= 0.6 is 15.9 Å². The first-order valence-corrected chi connectivity index (χ1v) is 7.35. The maximum absolute atomic E-state index is 13.4. The number of amides is 1. The Morgan fingerprint density at radius 3 is 2.64 bits per heavy atom. The molecule has 2 aromatic carbocycles. The number of hydrogen-bond donors (Lipinski definition) is 1. The predicted octanol–water partition coefficient (Wildman–Crippen LogP) is 3.97. The van der Waals surface area contributed by atoms with E-state index in [-0.39, 0.29) is 5.91 Å². The van der Waals surface area contributed by atoms with E-state index >= 15 is 0 Å². The maximum atomic E-state index is 13.4. The van der Waals surface area contributed by atoms with Crippen LogP contribution in [0.4, 0.5) is 10.1 Å². The first-order chi connectivity index (χ1) is 10.6. The Bertz CT molecular complexity index is 674. The number of anilines is 1. The van der Waals surface area contributed by atoms with Crippen molar-refractivity contribution in [2.45, 2.75) is 13.0 Å². The number of rotatable bonds is 5. The SMILES string of the molecule is C[C@H](O/N=C\c1ccccc1F)C(=O)Nc1ccc(Br)cc1. The molecule has 1 N–H and O–H groups in total. The van der Waals surface area contributed by atoms with Gasteiger partial charge in [-0.05, 0) is 37.3 Å². The Labute approximate surface area is 136 Å². The van der Waals surface area contributed by atoms with Crippen molar-refractivity contribution in [2.24, 2.45) is 5.16 Å². The standard InChI is InChI=1S/C16H14BrFN2O2/c1-11(16(21)20-14-8-6-13(17)7-9-14)22-19-10-12-4-2-3-5-15(12)18/h2-11H,1H3,(H,20,21)/b19-10-/t11-/m0/s1. The highest BCUT2D eigenvalue weighted by molar-refractivity contribution is 9.10. The van der Waals surface area contributed by atoms with Crippen molar-refractivity contribution in [3.05, 3.63) is 64.4 Å². The molecule has 0 saturated heterocycles. The molecule has 2 rings (SSSR count). The smallest absolute Gasteiger partial charge is 0.267 e. The lowest BCUT2D eigenvalue weighted by Gasteiger charge is -2.10. The summed E-state index contributed by atoms with van der Waals surface area (Å²) in [6, 6.07) is 13.3. The van der Waals surface area contributed by atoms with Crippen LogP contribution in [-0.2, 0) is 9.63 Å². The first kappa shape index (κ1) is 16.2. The van der Waals surface area contributed by atoms with Crippen molar-refractivity contribution in [3.8, 4) is 0 Å². The molecular formula is C16H14BrFN2O2. The molecule has 0 bridgehead atoms. The van der Waals surface area contributed by atoms with Gasteiger partial charge in [0, 0.05) is 15.7 Å². The van der Waals surface area contributed by atoms with Crippen molar-refractivity contribution in [1.29, 1.82) is 0 Å². The summed E-state index contributed by atoms with van der Waals surface area (Å²) in [5.41, 5.74) is 0.949. The molecule has 2 aromatic rings. The van der Waals surface area contributed by atoms with Crippen LogP contribution in [0.15, 0.2) is 58.2 Å². The highest BCUT2D eigenvalue weighted by Crippen LogP contribution is 2.14. The van der Waals surface area contributed by atoms with Crippen LogP contribution in [0.5, 0.6) is 0 Å². The van der Waals surface area contributed by atoms with Gasteiger partial charge in [-0.25, -0.2) is 4.39 Å². The van der Waals surface area contributed by atoms with Crippen LogP contribution in [0.2, 0.25) is 0 Å².